The van der Waals surface area contributed by atoms with Crippen LogP contribution in [0.2, 0.25) is 0 Å². The third kappa shape index (κ3) is 5.35. The Hall–Kier alpha value is -2.81. The third-order valence-electron chi connectivity index (χ3n) is 4.03. The van der Waals surface area contributed by atoms with Crippen LogP contribution >= 0.6 is 15.9 Å². The molecule has 9 heteroatoms. The number of hydrogen-bond acceptors (Lipinski definition) is 5. The van der Waals surface area contributed by atoms with E-state index in [4.69, 9.17) is 9.47 Å². The van der Waals surface area contributed by atoms with E-state index in [2.05, 4.69) is 31.4 Å². The van der Waals surface area contributed by atoms with Crippen LogP contribution in [0.5, 0.6) is 11.5 Å². The second-order valence-corrected chi connectivity index (χ2v) is 6.98. The second-order valence-electron chi connectivity index (χ2n) is 6.12. The number of carbonyl (C=O) groups is 1. The van der Waals surface area contributed by atoms with Crippen molar-refractivity contribution in [2.75, 3.05) is 13.7 Å². The van der Waals surface area contributed by atoms with E-state index in [-0.39, 0.29) is 12.6 Å². The Morgan fingerprint density at radius 1 is 1.14 bits per heavy atom. The first-order chi connectivity index (χ1) is 13.5. The van der Waals surface area contributed by atoms with Gasteiger partial charge in [0.2, 0.25) is 0 Å². The highest BCUT2D eigenvalue weighted by Crippen LogP contribution is 2.17. The molecular formula is C19H22BrN5O3. The molecule has 0 radical (unpaired) electrons. The summed E-state index contributed by atoms with van der Waals surface area (Å²) in [5.74, 6) is 1.25. The molecule has 0 aliphatic heterocycles. The van der Waals surface area contributed by atoms with Gasteiger partial charge in [-0.15, -0.1) is 0 Å². The molecule has 3 aromatic rings. The Morgan fingerprint density at radius 2 is 1.89 bits per heavy atom. The van der Waals surface area contributed by atoms with Gasteiger partial charge in [0.15, 0.2) is 6.73 Å². The first-order valence-electron chi connectivity index (χ1n) is 8.83. The SMILES string of the molecule is COc1ccc(OCn2ccc(C(=O)NCCCn3cc(Br)c(C)n3)n2)cc1. The van der Waals surface area contributed by atoms with E-state index in [1.807, 2.05) is 42.1 Å². The number of amides is 1. The maximum absolute atomic E-state index is 12.2. The number of carbonyl (C=O) groups excluding carboxylic acids is 1. The van der Waals surface area contributed by atoms with Crippen molar-refractivity contribution < 1.29 is 14.3 Å². The molecule has 0 atom stereocenters. The van der Waals surface area contributed by atoms with Crippen molar-refractivity contribution in [2.45, 2.75) is 26.6 Å². The number of halogens is 1. The minimum atomic E-state index is -0.207. The van der Waals surface area contributed by atoms with Crippen molar-refractivity contribution in [1.82, 2.24) is 24.9 Å². The summed E-state index contributed by atoms with van der Waals surface area (Å²) in [6, 6.07) is 8.94. The Kier molecular flexibility index (Phi) is 6.70. The highest BCUT2D eigenvalue weighted by Gasteiger charge is 2.09. The van der Waals surface area contributed by atoms with Gasteiger partial charge < -0.3 is 14.8 Å². The summed E-state index contributed by atoms with van der Waals surface area (Å²) < 4.78 is 15.2. The average Bonchev–Trinajstić information content (AvgIpc) is 3.30. The number of nitrogens with zero attached hydrogens (tertiary/aromatic N) is 4. The van der Waals surface area contributed by atoms with E-state index >= 15 is 0 Å². The quantitative estimate of drug-likeness (QED) is 0.509. The van der Waals surface area contributed by atoms with Gasteiger partial charge >= 0.3 is 0 Å². The summed E-state index contributed by atoms with van der Waals surface area (Å²) in [7, 11) is 1.61. The predicted molar refractivity (Wildman–Crippen MR) is 107 cm³/mol. The number of ether oxygens (including phenoxy) is 2. The largest absolute Gasteiger partial charge is 0.497 e. The Morgan fingerprint density at radius 3 is 2.57 bits per heavy atom. The lowest BCUT2D eigenvalue weighted by Crippen LogP contribution is -2.26. The summed E-state index contributed by atoms with van der Waals surface area (Å²) >= 11 is 3.44. The molecule has 0 aliphatic carbocycles. The summed E-state index contributed by atoms with van der Waals surface area (Å²) in [4.78, 5) is 12.2. The highest BCUT2D eigenvalue weighted by atomic mass is 79.9. The predicted octanol–water partition coefficient (Wildman–Crippen LogP) is 3.02. The van der Waals surface area contributed by atoms with Crippen LogP contribution in [0, 0.1) is 6.92 Å². The maximum Gasteiger partial charge on any atom is 0.271 e. The smallest absolute Gasteiger partial charge is 0.271 e. The molecule has 2 heterocycles. The van der Waals surface area contributed by atoms with Crippen LogP contribution in [0.3, 0.4) is 0 Å². The second kappa shape index (κ2) is 9.41. The molecular weight excluding hydrogens is 426 g/mol. The molecule has 0 spiro atoms. The average molecular weight is 448 g/mol. The van der Waals surface area contributed by atoms with Gasteiger partial charge in [-0.25, -0.2) is 4.68 Å². The fourth-order valence-electron chi connectivity index (χ4n) is 2.51. The van der Waals surface area contributed by atoms with Crippen LogP contribution < -0.4 is 14.8 Å². The zero-order valence-corrected chi connectivity index (χ0v) is 17.3. The number of hydrogen-bond donors (Lipinski definition) is 1. The Labute approximate surface area is 171 Å². The standard InChI is InChI=1S/C19H22BrN5O3/c1-14-17(20)12-24(22-14)10-3-9-21-19(26)18-8-11-25(23-18)13-28-16-6-4-15(27-2)5-7-16/h4-8,11-12H,3,9-10,13H2,1-2H3,(H,21,26). The van der Waals surface area contributed by atoms with E-state index in [0.29, 0.717) is 18.0 Å². The lowest BCUT2D eigenvalue weighted by atomic mass is 10.3. The van der Waals surface area contributed by atoms with Gasteiger partial charge in [-0.2, -0.15) is 10.2 Å². The Bertz CT molecular complexity index is 901. The first-order valence-corrected chi connectivity index (χ1v) is 9.62. The van der Waals surface area contributed by atoms with Crippen LogP contribution in [-0.2, 0) is 13.3 Å². The van der Waals surface area contributed by atoms with Crippen LogP contribution in [0.1, 0.15) is 22.6 Å². The van der Waals surface area contributed by atoms with E-state index in [1.165, 1.54) is 0 Å². The van der Waals surface area contributed by atoms with Crippen molar-refractivity contribution >= 4 is 21.8 Å². The molecule has 0 bridgehead atoms. The molecule has 0 saturated carbocycles. The number of aromatic nitrogens is 4. The van der Waals surface area contributed by atoms with E-state index in [9.17, 15) is 4.79 Å². The van der Waals surface area contributed by atoms with Crippen molar-refractivity contribution in [3.63, 3.8) is 0 Å². The normalized spacial score (nSPS) is 10.7. The number of aryl methyl sites for hydroxylation is 2. The summed E-state index contributed by atoms with van der Waals surface area (Å²) in [5.41, 5.74) is 1.31. The van der Waals surface area contributed by atoms with Crippen molar-refractivity contribution in [3.8, 4) is 11.5 Å². The van der Waals surface area contributed by atoms with Gasteiger partial charge in [-0.05, 0) is 59.6 Å². The van der Waals surface area contributed by atoms with Crippen molar-refractivity contribution in [2.24, 2.45) is 0 Å². The van der Waals surface area contributed by atoms with Crippen LogP contribution in [0.4, 0.5) is 0 Å². The molecule has 3 rings (SSSR count). The summed E-state index contributed by atoms with van der Waals surface area (Å²) in [6.45, 7) is 3.44. The van der Waals surface area contributed by atoms with Gasteiger partial charge in [0.05, 0.1) is 17.3 Å². The maximum atomic E-state index is 12.2. The van der Waals surface area contributed by atoms with Gasteiger partial charge in [-0.1, -0.05) is 0 Å². The van der Waals surface area contributed by atoms with E-state index in [0.717, 1.165) is 28.9 Å². The summed E-state index contributed by atoms with van der Waals surface area (Å²) in [5, 5.41) is 11.5. The molecule has 1 aromatic carbocycles. The number of rotatable bonds is 9. The fourth-order valence-corrected chi connectivity index (χ4v) is 2.82. The zero-order valence-electron chi connectivity index (χ0n) is 15.8. The van der Waals surface area contributed by atoms with Crippen molar-refractivity contribution in [3.05, 3.63) is 58.6 Å². The third-order valence-corrected chi connectivity index (χ3v) is 4.81. The number of nitrogens with one attached hydrogen (secondary N) is 1. The molecule has 8 nitrogen and oxygen atoms in total. The molecule has 148 valence electrons. The minimum Gasteiger partial charge on any atom is -0.497 e. The molecule has 2 aromatic heterocycles. The van der Waals surface area contributed by atoms with E-state index in [1.54, 1.807) is 24.1 Å². The van der Waals surface area contributed by atoms with Gasteiger partial charge in [0.25, 0.3) is 5.91 Å². The van der Waals surface area contributed by atoms with E-state index < -0.39 is 0 Å². The highest BCUT2D eigenvalue weighted by molar-refractivity contribution is 9.10. The zero-order chi connectivity index (χ0) is 19.9. The lowest BCUT2D eigenvalue weighted by Gasteiger charge is -2.07. The number of methoxy groups -OCH3 is 1. The summed E-state index contributed by atoms with van der Waals surface area (Å²) in [6.07, 6.45) is 4.42. The van der Waals surface area contributed by atoms with Gasteiger partial charge in [0, 0.05) is 25.5 Å². The van der Waals surface area contributed by atoms with Gasteiger partial charge in [0.1, 0.15) is 17.2 Å². The molecule has 0 fully saturated rings. The molecule has 28 heavy (non-hydrogen) atoms. The molecule has 1 N–H and O–H groups in total. The molecule has 0 aliphatic rings. The Balaban J connectivity index is 1.41. The van der Waals surface area contributed by atoms with Gasteiger partial charge in [-0.3, -0.25) is 9.48 Å². The topological polar surface area (TPSA) is 83.2 Å². The lowest BCUT2D eigenvalue weighted by molar-refractivity contribution is 0.0945. The van der Waals surface area contributed by atoms with Crippen LogP contribution in [0.15, 0.2) is 47.2 Å². The minimum absolute atomic E-state index is 0.207. The monoisotopic (exact) mass is 447 g/mol. The van der Waals surface area contributed by atoms with Crippen LogP contribution in [-0.4, -0.2) is 39.1 Å². The molecule has 0 unspecified atom stereocenters. The fraction of sp³-hybridized carbons (Fsp3) is 0.316. The molecule has 1 amide bonds. The first kappa shape index (κ1) is 19.9. The van der Waals surface area contributed by atoms with Crippen LogP contribution in [0.25, 0.3) is 0 Å². The molecule has 0 saturated heterocycles. The number of benzene rings is 1. The van der Waals surface area contributed by atoms with Crippen molar-refractivity contribution in [1.29, 1.82) is 0 Å².